The van der Waals surface area contributed by atoms with E-state index in [4.69, 9.17) is 10.2 Å². The highest BCUT2D eigenvalue weighted by Gasteiger charge is 2.42. The van der Waals surface area contributed by atoms with Gasteiger partial charge in [-0.2, -0.15) is 4.98 Å². The number of piperidine rings is 1. The van der Waals surface area contributed by atoms with Gasteiger partial charge in [0, 0.05) is 13.1 Å². The molecule has 2 aliphatic rings. The highest BCUT2D eigenvalue weighted by molar-refractivity contribution is 5.87. The van der Waals surface area contributed by atoms with Crippen LogP contribution in [0.4, 0.5) is 11.7 Å². The number of rotatable bonds is 1. The first kappa shape index (κ1) is 11.6. The summed E-state index contributed by atoms with van der Waals surface area (Å²) in [5.74, 6) is 0.200. The summed E-state index contributed by atoms with van der Waals surface area (Å²) in [6.07, 6.45) is 1.91. The molecule has 4 rings (SSSR count). The Morgan fingerprint density at radius 2 is 2.35 bits per heavy atom. The number of nitrogens with one attached hydrogen (secondary N) is 1. The number of hydrogen-bond acceptors (Lipinski definition) is 5. The predicted octanol–water partition coefficient (Wildman–Crippen LogP) is 1.12. The lowest BCUT2D eigenvalue weighted by Gasteiger charge is -2.34. The molecule has 0 radical (unpaired) electrons. The van der Waals surface area contributed by atoms with Crippen molar-refractivity contribution >= 4 is 28.7 Å². The number of nitrogens with zero attached hydrogens (tertiary/aromatic N) is 2. The molecule has 0 saturated carbocycles. The zero-order valence-electron chi connectivity index (χ0n) is 11.0. The van der Waals surface area contributed by atoms with Crippen molar-refractivity contribution in [3.05, 3.63) is 18.2 Å². The summed E-state index contributed by atoms with van der Waals surface area (Å²) >= 11 is 0. The molecule has 2 saturated heterocycles. The van der Waals surface area contributed by atoms with Crippen molar-refractivity contribution in [1.29, 1.82) is 0 Å². The number of oxazole rings is 1. The minimum absolute atomic E-state index is 0.0520. The van der Waals surface area contributed by atoms with Crippen molar-refractivity contribution in [2.45, 2.75) is 18.9 Å². The van der Waals surface area contributed by atoms with Gasteiger partial charge in [0.25, 0.3) is 6.01 Å². The highest BCUT2D eigenvalue weighted by atomic mass is 16.4. The summed E-state index contributed by atoms with van der Waals surface area (Å²) in [6, 6.07) is 6.25. The Morgan fingerprint density at radius 1 is 1.45 bits per heavy atom. The van der Waals surface area contributed by atoms with Gasteiger partial charge in [0.05, 0.1) is 17.6 Å². The molecule has 0 spiro atoms. The molecular weight excluding hydrogens is 256 g/mol. The lowest BCUT2D eigenvalue weighted by atomic mass is 9.92. The first-order valence-corrected chi connectivity index (χ1v) is 6.93. The number of nitrogens with two attached hydrogens (primary N) is 1. The van der Waals surface area contributed by atoms with E-state index in [9.17, 15) is 4.79 Å². The van der Waals surface area contributed by atoms with E-state index in [0.29, 0.717) is 29.3 Å². The number of nitrogen functional groups attached to an aromatic ring is 1. The van der Waals surface area contributed by atoms with E-state index in [1.807, 2.05) is 18.2 Å². The maximum absolute atomic E-state index is 11.8. The van der Waals surface area contributed by atoms with Crippen LogP contribution in [0, 0.1) is 5.92 Å². The second-order valence-corrected chi connectivity index (χ2v) is 5.45. The quantitative estimate of drug-likeness (QED) is 0.760. The molecular formula is C14H16N4O2. The van der Waals surface area contributed by atoms with Gasteiger partial charge in [0.15, 0.2) is 5.58 Å². The highest BCUT2D eigenvalue weighted by Crippen LogP contribution is 2.33. The van der Waals surface area contributed by atoms with Crippen LogP contribution in [0.3, 0.4) is 0 Å². The largest absolute Gasteiger partial charge is 0.423 e. The van der Waals surface area contributed by atoms with Crippen LogP contribution in [0.25, 0.3) is 11.1 Å². The number of amides is 1. The summed E-state index contributed by atoms with van der Waals surface area (Å²) in [4.78, 5) is 18.4. The van der Waals surface area contributed by atoms with E-state index in [1.54, 1.807) is 0 Å². The molecule has 3 heterocycles. The Bertz CT molecular complexity index is 681. The minimum Gasteiger partial charge on any atom is -0.423 e. The van der Waals surface area contributed by atoms with Crippen LogP contribution in [-0.2, 0) is 4.79 Å². The third-order valence-electron chi connectivity index (χ3n) is 4.29. The number of benzene rings is 1. The van der Waals surface area contributed by atoms with Crippen LogP contribution in [0.2, 0.25) is 0 Å². The van der Waals surface area contributed by atoms with Crippen LogP contribution in [0.15, 0.2) is 22.6 Å². The number of anilines is 2. The predicted molar refractivity (Wildman–Crippen MR) is 75.3 cm³/mol. The number of fused-ring (bicyclic) bond motifs is 2. The van der Waals surface area contributed by atoms with E-state index in [2.05, 4.69) is 15.2 Å². The third kappa shape index (κ3) is 1.57. The minimum atomic E-state index is 0.0520. The molecule has 2 atom stereocenters. The molecule has 20 heavy (non-hydrogen) atoms. The van der Waals surface area contributed by atoms with Crippen LogP contribution >= 0.6 is 0 Å². The van der Waals surface area contributed by atoms with Crippen molar-refractivity contribution in [2.24, 2.45) is 5.92 Å². The zero-order chi connectivity index (χ0) is 13.7. The molecule has 2 fully saturated rings. The second-order valence-electron chi connectivity index (χ2n) is 5.45. The van der Waals surface area contributed by atoms with E-state index in [1.165, 1.54) is 0 Å². The van der Waals surface area contributed by atoms with Crippen molar-refractivity contribution < 1.29 is 9.21 Å². The molecule has 2 aliphatic heterocycles. The van der Waals surface area contributed by atoms with Gasteiger partial charge in [-0.3, -0.25) is 4.79 Å². The average Bonchev–Trinajstić information content (AvgIpc) is 3.04. The summed E-state index contributed by atoms with van der Waals surface area (Å²) in [7, 11) is 0. The van der Waals surface area contributed by atoms with Gasteiger partial charge in [-0.1, -0.05) is 6.07 Å². The van der Waals surface area contributed by atoms with Gasteiger partial charge in [-0.15, -0.1) is 0 Å². The maximum atomic E-state index is 11.8. The van der Waals surface area contributed by atoms with E-state index in [0.717, 1.165) is 19.4 Å². The van der Waals surface area contributed by atoms with E-state index < -0.39 is 0 Å². The van der Waals surface area contributed by atoms with Gasteiger partial charge in [0.2, 0.25) is 5.91 Å². The number of para-hydroxylation sites is 1. The molecule has 3 N–H and O–H groups in total. The van der Waals surface area contributed by atoms with Gasteiger partial charge < -0.3 is 20.4 Å². The van der Waals surface area contributed by atoms with Crippen molar-refractivity contribution in [1.82, 2.24) is 10.3 Å². The van der Waals surface area contributed by atoms with Gasteiger partial charge in [0.1, 0.15) is 5.52 Å². The lowest BCUT2D eigenvalue weighted by molar-refractivity contribution is -0.123. The summed E-state index contributed by atoms with van der Waals surface area (Å²) < 4.78 is 5.83. The van der Waals surface area contributed by atoms with E-state index in [-0.39, 0.29) is 17.9 Å². The Hall–Kier alpha value is -2.24. The lowest BCUT2D eigenvalue weighted by Crippen LogP contribution is -2.45. The smallest absolute Gasteiger partial charge is 0.298 e. The first-order valence-electron chi connectivity index (χ1n) is 6.93. The first-order chi connectivity index (χ1) is 9.74. The SMILES string of the molecule is Nc1cccc2oc(N3CCCC4C(=O)NCC43)nc12. The number of carbonyl (C=O) groups is 1. The molecule has 6 heteroatoms. The zero-order valence-corrected chi connectivity index (χ0v) is 11.0. The summed E-state index contributed by atoms with van der Waals surface area (Å²) in [6.45, 7) is 1.53. The molecule has 1 aromatic carbocycles. The van der Waals surface area contributed by atoms with Crippen LogP contribution in [0.1, 0.15) is 12.8 Å². The van der Waals surface area contributed by atoms with Gasteiger partial charge >= 0.3 is 0 Å². The summed E-state index contributed by atoms with van der Waals surface area (Å²) in [5, 5.41) is 2.93. The van der Waals surface area contributed by atoms with Crippen LogP contribution < -0.4 is 16.0 Å². The Kier molecular flexibility index (Phi) is 2.39. The Morgan fingerprint density at radius 3 is 3.20 bits per heavy atom. The molecule has 2 unspecified atom stereocenters. The topological polar surface area (TPSA) is 84.4 Å². The molecule has 0 bridgehead atoms. The van der Waals surface area contributed by atoms with Crippen molar-refractivity contribution in [3.63, 3.8) is 0 Å². The molecule has 0 aliphatic carbocycles. The average molecular weight is 272 g/mol. The molecule has 1 aromatic heterocycles. The van der Waals surface area contributed by atoms with Crippen molar-refractivity contribution in [2.75, 3.05) is 23.7 Å². The standard InChI is InChI=1S/C14H16N4O2/c15-9-4-1-5-11-12(9)17-14(20-11)18-6-2-3-8-10(18)7-16-13(8)19/h1,4-5,8,10H,2-3,6-7,15H2,(H,16,19). The molecule has 1 amide bonds. The summed E-state index contributed by atoms with van der Waals surface area (Å²) in [5.41, 5.74) is 7.93. The van der Waals surface area contributed by atoms with Crippen LogP contribution in [-0.4, -0.2) is 30.0 Å². The van der Waals surface area contributed by atoms with Crippen LogP contribution in [0.5, 0.6) is 0 Å². The molecule has 104 valence electrons. The Balaban J connectivity index is 1.75. The maximum Gasteiger partial charge on any atom is 0.298 e. The fourth-order valence-corrected chi connectivity index (χ4v) is 3.27. The number of hydrogen-bond donors (Lipinski definition) is 2. The Labute approximate surface area is 115 Å². The van der Waals surface area contributed by atoms with Gasteiger partial charge in [-0.05, 0) is 25.0 Å². The van der Waals surface area contributed by atoms with E-state index >= 15 is 0 Å². The fourth-order valence-electron chi connectivity index (χ4n) is 3.27. The second kappa shape index (κ2) is 4.13. The van der Waals surface area contributed by atoms with Crippen molar-refractivity contribution in [3.8, 4) is 0 Å². The normalized spacial score (nSPS) is 25.8. The fraction of sp³-hybridized carbons (Fsp3) is 0.429. The van der Waals surface area contributed by atoms with Gasteiger partial charge in [-0.25, -0.2) is 0 Å². The third-order valence-corrected chi connectivity index (χ3v) is 4.29. The number of carbonyl (C=O) groups excluding carboxylic acids is 1. The molecule has 6 nitrogen and oxygen atoms in total. The number of aromatic nitrogens is 1. The monoisotopic (exact) mass is 272 g/mol. The molecule has 2 aromatic rings.